The number of nitrogens with one attached hydrogen (secondary N) is 1. The van der Waals surface area contributed by atoms with Gasteiger partial charge in [-0.2, -0.15) is 0 Å². The molecule has 2 atom stereocenters. The van der Waals surface area contributed by atoms with Crippen molar-refractivity contribution in [3.8, 4) is 0 Å². The molecule has 1 rings (SSSR count). The van der Waals surface area contributed by atoms with E-state index in [0.29, 0.717) is 5.92 Å². The van der Waals surface area contributed by atoms with Gasteiger partial charge in [-0.05, 0) is 38.5 Å². The van der Waals surface area contributed by atoms with Crippen LogP contribution in [0.5, 0.6) is 0 Å². The van der Waals surface area contributed by atoms with Crippen molar-refractivity contribution >= 4 is 13.0 Å². The van der Waals surface area contributed by atoms with Gasteiger partial charge in [-0.25, -0.2) is 0 Å². The van der Waals surface area contributed by atoms with Crippen molar-refractivity contribution in [3.63, 3.8) is 0 Å². The molecule has 1 aliphatic rings. The van der Waals surface area contributed by atoms with Crippen molar-refractivity contribution in [2.45, 2.75) is 32.5 Å². The lowest BCUT2D eigenvalue weighted by molar-refractivity contribution is -0.143. The molecule has 3 N–H and O–H groups in total. The number of carbonyl (C=O) groups is 1. The van der Waals surface area contributed by atoms with Crippen LogP contribution in [0.2, 0.25) is 6.82 Å². The van der Waals surface area contributed by atoms with Gasteiger partial charge in [0.1, 0.15) is 0 Å². The molecule has 80 valence electrons. The van der Waals surface area contributed by atoms with Gasteiger partial charge in [-0.15, -0.1) is 0 Å². The molecule has 0 spiro atoms. The number of rotatable bonds is 4. The maximum absolute atomic E-state index is 10.8. The first kappa shape index (κ1) is 11.5. The lowest BCUT2D eigenvalue weighted by Gasteiger charge is -2.26. The Kier molecular flexibility index (Phi) is 4.42. The highest BCUT2D eigenvalue weighted by molar-refractivity contribution is 6.45. The Balaban J connectivity index is 2.29. The molecule has 0 heterocycles. The van der Waals surface area contributed by atoms with Gasteiger partial charge in [0.15, 0.2) is 0 Å². The fourth-order valence-corrected chi connectivity index (χ4v) is 2.04. The Labute approximate surface area is 84.8 Å². The van der Waals surface area contributed by atoms with Gasteiger partial charge in [0.05, 0.1) is 5.92 Å². The topological polar surface area (TPSA) is 69.6 Å². The molecule has 0 saturated heterocycles. The van der Waals surface area contributed by atoms with Crippen LogP contribution in [0.15, 0.2) is 0 Å². The highest BCUT2D eigenvalue weighted by Crippen LogP contribution is 2.28. The van der Waals surface area contributed by atoms with Gasteiger partial charge in [-0.3, -0.25) is 4.79 Å². The molecule has 0 aromatic heterocycles. The van der Waals surface area contributed by atoms with Crippen LogP contribution in [0.3, 0.4) is 0 Å². The van der Waals surface area contributed by atoms with Gasteiger partial charge in [0.25, 0.3) is 0 Å². The lowest BCUT2D eigenvalue weighted by Crippen LogP contribution is -2.37. The third-order valence-corrected chi connectivity index (χ3v) is 2.83. The summed E-state index contributed by atoms with van der Waals surface area (Å²) in [6, 6.07) is 0. The number of carboxylic acids is 1. The molecule has 5 heteroatoms. The molecule has 0 aliphatic heterocycles. The summed E-state index contributed by atoms with van der Waals surface area (Å²) in [6.07, 6.45) is 3.61. The van der Waals surface area contributed by atoms with E-state index >= 15 is 0 Å². The highest BCUT2D eigenvalue weighted by Gasteiger charge is 2.26. The van der Waals surface area contributed by atoms with Crippen LogP contribution in [0, 0.1) is 11.8 Å². The van der Waals surface area contributed by atoms with Gasteiger partial charge >= 0.3 is 13.0 Å². The SMILES string of the molecule is CB(O)NC[C@@H]1CCCC(C(=O)O)C1. The van der Waals surface area contributed by atoms with E-state index in [4.69, 9.17) is 10.1 Å². The summed E-state index contributed by atoms with van der Waals surface area (Å²) in [7, 11) is -0.500. The molecule has 0 aromatic carbocycles. The normalized spacial score (nSPS) is 27.3. The monoisotopic (exact) mass is 199 g/mol. The number of aliphatic carboxylic acids is 1. The predicted molar refractivity (Wildman–Crippen MR) is 54.9 cm³/mol. The molecular formula is C9H18BNO3. The van der Waals surface area contributed by atoms with E-state index in [1.165, 1.54) is 0 Å². The van der Waals surface area contributed by atoms with Crippen molar-refractivity contribution < 1.29 is 14.9 Å². The van der Waals surface area contributed by atoms with Crippen LogP contribution in [0.1, 0.15) is 25.7 Å². The molecule has 14 heavy (non-hydrogen) atoms. The highest BCUT2D eigenvalue weighted by atomic mass is 16.4. The standard InChI is InChI=1S/C9H18BNO3/c1-10(14)11-6-7-3-2-4-8(5-7)9(12)13/h7-8,11,14H,2-6H2,1H3,(H,12,13)/t7-,8?/m1/s1. The Morgan fingerprint density at radius 3 is 2.86 bits per heavy atom. The zero-order chi connectivity index (χ0) is 10.6. The minimum atomic E-state index is -0.674. The molecule has 0 aromatic rings. The molecule has 1 saturated carbocycles. The largest absolute Gasteiger partial charge is 0.481 e. The second-order valence-corrected chi connectivity index (χ2v) is 4.15. The van der Waals surface area contributed by atoms with E-state index in [9.17, 15) is 4.79 Å². The van der Waals surface area contributed by atoms with Crippen LogP contribution < -0.4 is 5.23 Å². The first-order chi connectivity index (χ1) is 6.59. The predicted octanol–water partition coefficient (Wildman–Crippen LogP) is 0.577. The summed E-state index contributed by atoms with van der Waals surface area (Å²) in [5, 5.41) is 20.8. The minimum Gasteiger partial charge on any atom is -0.481 e. The summed E-state index contributed by atoms with van der Waals surface area (Å²) >= 11 is 0. The summed E-state index contributed by atoms with van der Waals surface area (Å²) in [5.74, 6) is -0.448. The average Bonchev–Trinajstić information content (AvgIpc) is 2.15. The fraction of sp³-hybridized carbons (Fsp3) is 0.889. The van der Waals surface area contributed by atoms with E-state index in [0.717, 1.165) is 32.2 Å². The second kappa shape index (κ2) is 5.36. The zero-order valence-corrected chi connectivity index (χ0v) is 8.57. The van der Waals surface area contributed by atoms with E-state index in [1.807, 2.05) is 0 Å². The number of carboxylic acid groups (broad SMARTS) is 1. The zero-order valence-electron chi connectivity index (χ0n) is 8.57. The molecular weight excluding hydrogens is 181 g/mol. The minimum absolute atomic E-state index is 0.176. The number of hydrogen-bond acceptors (Lipinski definition) is 3. The summed E-state index contributed by atoms with van der Waals surface area (Å²) in [4.78, 5) is 10.8. The van der Waals surface area contributed by atoms with Crippen LogP contribution >= 0.6 is 0 Å². The van der Waals surface area contributed by atoms with E-state index in [-0.39, 0.29) is 5.92 Å². The molecule has 0 amide bonds. The average molecular weight is 199 g/mol. The molecule has 1 fully saturated rings. The third-order valence-electron chi connectivity index (χ3n) is 2.83. The Morgan fingerprint density at radius 2 is 2.29 bits per heavy atom. The first-order valence-corrected chi connectivity index (χ1v) is 5.24. The maximum Gasteiger partial charge on any atom is 0.373 e. The molecule has 0 bridgehead atoms. The second-order valence-electron chi connectivity index (χ2n) is 4.15. The van der Waals surface area contributed by atoms with Crippen LogP contribution in [0.25, 0.3) is 0 Å². The van der Waals surface area contributed by atoms with Crippen molar-refractivity contribution in [3.05, 3.63) is 0 Å². The van der Waals surface area contributed by atoms with Crippen LogP contribution in [-0.2, 0) is 4.79 Å². The summed E-state index contributed by atoms with van der Waals surface area (Å²) < 4.78 is 0. The summed E-state index contributed by atoms with van der Waals surface area (Å²) in [6.45, 7) is 2.40. The van der Waals surface area contributed by atoms with Gasteiger partial charge in [0.2, 0.25) is 0 Å². The third kappa shape index (κ3) is 3.68. The first-order valence-electron chi connectivity index (χ1n) is 5.24. The van der Waals surface area contributed by atoms with E-state index < -0.39 is 13.0 Å². The van der Waals surface area contributed by atoms with Gasteiger partial charge in [0, 0.05) is 0 Å². The van der Waals surface area contributed by atoms with Crippen LogP contribution in [0.4, 0.5) is 0 Å². The molecule has 1 unspecified atom stereocenters. The van der Waals surface area contributed by atoms with Crippen molar-refractivity contribution in [2.75, 3.05) is 6.54 Å². The van der Waals surface area contributed by atoms with Crippen LogP contribution in [-0.4, -0.2) is 29.7 Å². The molecule has 1 aliphatic carbocycles. The molecule has 4 nitrogen and oxygen atoms in total. The smallest absolute Gasteiger partial charge is 0.373 e. The summed E-state index contributed by atoms with van der Waals surface area (Å²) in [5.41, 5.74) is 0. The maximum atomic E-state index is 10.8. The van der Waals surface area contributed by atoms with Crippen molar-refractivity contribution in [1.82, 2.24) is 5.23 Å². The van der Waals surface area contributed by atoms with E-state index in [1.54, 1.807) is 6.82 Å². The Hall–Kier alpha value is -0.545. The van der Waals surface area contributed by atoms with E-state index in [2.05, 4.69) is 5.23 Å². The Bertz CT molecular complexity index is 198. The van der Waals surface area contributed by atoms with Crippen molar-refractivity contribution in [1.29, 1.82) is 0 Å². The lowest BCUT2D eigenvalue weighted by atomic mass is 9.79. The molecule has 0 radical (unpaired) electrons. The van der Waals surface area contributed by atoms with Gasteiger partial charge < -0.3 is 15.4 Å². The quantitative estimate of drug-likeness (QED) is 0.579. The fourth-order valence-electron chi connectivity index (χ4n) is 2.04. The number of hydrogen-bond donors (Lipinski definition) is 3. The van der Waals surface area contributed by atoms with Crippen molar-refractivity contribution in [2.24, 2.45) is 11.8 Å². The van der Waals surface area contributed by atoms with Gasteiger partial charge in [-0.1, -0.05) is 6.42 Å². The Morgan fingerprint density at radius 1 is 1.57 bits per heavy atom.